The predicted octanol–water partition coefficient (Wildman–Crippen LogP) is 4.06. The Kier molecular flexibility index (Phi) is 5.49. The SMILES string of the molecule is CCC1CCCCCN1C(CN)c1ccc(Cl)s1. The molecule has 102 valence electrons. The third-order valence-electron chi connectivity index (χ3n) is 3.94. The van der Waals surface area contributed by atoms with Gasteiger partial charge >= 0.3 is 0 Å². The molecule has 1 saturated heterocycles. The van der Waals surface area contributed by atoms with Crippen molar-refractivity contribution in [3.63, 3.8) is 0 Å². The zero-order valence-electron chi connectivity index (χ0n) is 11.1. The fourth-order valence-electron chi connectivity index (χ4n) is 2.97. The normalized spacial score (nSPS) is 23.8. The second kappa shape index (κ2) is 6.90. The molecule has 0 bridgehead atoms. The van der Waals surface area contributed by atoms with Gasteiger partial charge in [0.1, 0.15) is 0 Å². The van der Waals surface area contributed by atoms with Crippen LogP contribution in [0.25, 0.3) is 0 Å². The van der Waals surface area contributed by atoms with Crippen molar-refractivity contribution in [3.05, 3.63) is 21.3 Å². The van der Waals surface area contributed by atoms with E-state index in [1.165, 1.54) is 43.5 Å². The summed E-state index contributed by atoms with van der Waals surface area (Å²) in [6.45, 7) is 4.15. The molecule has 0 spiro atoms. The summed E-state index contributed by atoms with van der Waals surface area (Å²) in [5, 5.41) is 0. The third-order valence-corrected chi connectivity index (χ3v) is 5.27. The predicted molar refractivity (Wildman–Crippen MR) is 80.4 cm³/mol. The topological polar surface area (TPSA) is 29.3 Å². The van der Waals surface area contributed by atoms with Gasteiger partial charge in [0.2, 0.25) is 0 Å². The van der Waals surface area contributed by atoms with Crippen molar-refractivity contribution in [1.82, 2.24) is 4.90 Å². The molecule has 2 nitrogen and oxygen atoms in total. The van der Waals surface area contributed by atoms with Crippen LogP contribution in [0.15, 0.2) is 12.1 Å². The summed E-state index contributed by atoms with van der Waals surface area (Å²) < 4.78 is 0.867. The van der Waals surface area contributed by atoms with Crippen molar-refractivity contribution in [3.8, 4) is 0 Å². The van der Waals surface area contributed by atoms with Crippen LogP contribution in [0.2, 0.25) is 4.34 Å². The Morgan fingerprint density at radius 3 is 2.89 bits per heavy atom. The third kappa shape index (κ3) is 3.27. The molecule has 2 heterocycles. The van der Waals surface area contributed by atoms with Crippen LogP contribution >= 0.6 is 22.9 Å². The maximum atomic E-state index is 6.06. The summed E-state index contributed by atoms with van der Waals surface area (Å²) in [6, 6.07) is 5.16. The Morgan fingerprint density at radius 2 is 2.28 bits per heavy atom. The van der Waals surface area contributed by atoms with Crippen LogP contribution < -0.4 is 5.73 Å². The molecule has 0 amide bonds. The van der Waals surface area contributed by atoms with E-state index in [1.54, 1.807) is 11.3 Å². The number of halogens is 1. The summed E-state index contributed by atoms with van der Waals surface area (Å²) in [6.07, 6.45) is 6.54. The average Bonchev–Trinajstić information content (AvgIpc) is 2.66. The van der Waals surface area contributed by atoms with Crippen LogP contribution in [0.5, 0.6) is 0 Å². The van der Waals surface area contributed by atoms with Gasteiger partial charge in [-0.2, -0.15) is 0 Å². The second-order valence-corrected chi connectivity index (χ2v) is 6.79. The van der Waals surface area contributed by atoms with E-state index in [4.69, 9.17) is 17.3 Å². The molecule has 0 aliphatic carbocycles. The maximum Gasteiger partial charge on any atom is 0.0931 e. The second-order valence-electron chi connectivity index (χ2n) is 5.04. The lowest BCUT2D eigenvalue weighted by Gasteiger charge is -2.35. The molecule has 4 heteroatoms. The highest BCUT2D eigenvalue weighted by molar-refractivity contribution is 7.16. The molecular formula is C14H23ClN2S. The van der Waals surface area contributed by atoms with E-state index >= 15 is 0 Å². The first-order chi connectivity index (χ1) is 8.76. The van der Waals surface area contributed by atoms with E-state index in [1.807, 2.05) is 6.07 Å². The molecular weight excluding hydrogens is 264 g/mol. The van der Waals surface area contributed by atoms with Crippen LogP contribution in [0, 0.1) is 0 Å². The monoisotopic (exact) mass is 286 g/mol. The molecule has 1 aliphatic rings. The molecule has 1 aliphatic heterocycles. The fraction of sp³-hybridized carbons (Fsp3) is 0.714. The number of likely N-dealkylation sites (tertiary alicyclic amines) is 1. The number of nitrogens with two attached hydrogens (primary N) is 1. The van der Waals surface area contributed by atoms with Gasteiger partial charge in [-0.3, -0.25) is 4.90 Å². The number of rotatable bonds is 4. The molecule has 0 saturated carbocycles. The summed E-state index contributed by atoms with van der Waals surface area (Å²) >= 11 is 7.74. The van der Waals surface area contributed by atoms with Gasteiger partial charge in [0.05, 0.1) is 10.4 Å². The number of hydrogen-bond acceptors (Lipinski definition) is 3. The summed E-state index contributed by atoms with van der Waals surface area (Å²) in [7, 11) is 0. The van der Waals surface area contributed by atoms with Crippen molar-refractivity contribution >= 4 is 22.9 Å². The van der Waals surface area contributed by atoms with Crippen LogP contribution in [0.1, 0.15) is 49.9 Å². The van der Waals surface area contributed by atoms with Gasteiger partial charge in [0, 0.05) is 17.5 Å². The molecule has 0 radical (unpaired) electrons. The molecule has 0 aromatic carbocycles. The zero-order valence-corrected chi connectivity index (χ0v) is 12.6. The van der Waals surface area contributed by atoms with E-state index in [0.29, 0.717) is 18.6 Å². The number of nitrogens with zero attached hydrogens (tertiary/aromatic N) is 1. The Hall–Kier alpha value is -0.0900. The van der Waals surface area contributed by atoms with Gasteiger partial charge in [-0.05, 0) is 37.9 Å². The Bertz CT molecular complexity index is 366. The lowest BCUT2D eigenvalue weighted by atomic mass is 10.0. The minimum absolute atomic E-state index is 0.352. The first-order valence-corrected chi connectivity index (χ1v) is 8.16. The van der Waals surface area contributed by atoms with Crippen molar-refractivity contribution in [1.29, 1.82) is 0 Å². The van der Waals surface area contributed by atoms with Gasteiger partial charge in [-0.15, -0.1) is 11.3 Å². The molecule has 1 aromatic heterocycles. The van der Waals surface area contributed by atoms with Crippen LogP contribution in [0.3, 0.4) is 0 Å². The quantitative estimate of drug-likeness (QED) is 0.904. The van der Waals surface area contributed by atoms with Crippen LogP contribution in [-0.2, 0) is 0 Å². The molecule has 2 atom stereocenters. The van der Waals surface area contributed by atoms with Crippen molar-refractivity contribution < 1.29 is 0 Å². The van der Waals surface area contributed by atoms with Gasteiger partial charge in [-0.25, -0.2) is 0 Å². The highest BCUT2D eigenvalue weighted by Crippen LogP contribution is 2.34. The van der Waals surface area contributed by atoms with Gasteiger partial charge in [0.15, 0.2) is 0 Å². The molecule has 2 N–H and O–H groups in total. The van der Waals surface area contributed by atoms with Crippen molar-refractivity contribution in [2.24, 2.45) is 5.73 Å². The summed E-state index contributed by atoms with van der Waals surface area (Å²) in [5.74, 6) is 0. The summed E-state index contributed by atoms with van der Waals surface area (Å²) in [5.41, 5.74) is 6.03. The molecule has 1 fully saturated rings. The largest absolute Gasteiger partial charge is 0.329 e. The highest BCUT2D eigenvalue weighted by atomic mass is 35.5. The van der Waals surface area contributed by atoms with Crippen LogP contribution in [-0.4, -0.2) is 24.0 Å². The number of thiophene rings is 1. The van der Waals surface area contributed by atoms with Crippen molar-refractivity contribution in [2.75, 3.05) is 13.1 Å². The first-order valence-electron chi connectivity index (χ1n) is 6.97. The molecule has 2 unspecified atom stereocenters. The molecule has 2 rings (SSSR count). The average molecular weight is 287 g/mol. The number of hydrogen-bond donors (Lipinski definition) is 1. The first kappa shape index (κ1) is 14.3. The Labute approximate surface area is 119 Å². The van der Waals surface area contributed by atoms with E-state index in [0.717, 1.165) is 4.34 Å². The van der Waals surface area contributed by atoms with E-state index in [9.17, 15) is 0 Å². The van der Waals surface area contributed by atoms with Gasteiger partial charge < -0.3 is 5.73 Å². The summed E-state index contributed by atoms with van der Waals surface area (Å²) in [4.78, 5) is 3.94. The van der Waals surface area contributed by atoms with Gasteiger partial charge in [-0.1, -0.05) is 31.4 Å². The smallest absolute Gasteiger partial charge is 0.0931 e. The fourth-order valence-corrected chi connectivity index (χ4v) is 4.17. The van der Waals surface area contributed by atoms with E-state index in [-0.39, 0.29) is 0 Å². The zero-order chi connectivity index (χ0) is 13.0. The maximum absolute atomic E-state index is 6.06. The lowest BCUT2D eigenvalue weighted by molar-refractivity contribution is 0.138. The van der Waals surface area contributed by atoms with E-state index < -0.39 is 0 Å². The minimum Gasteiger partial charge on any atom is -0.329 e. The van der Waals surface area contributed by atoms with Crippen molar-refractivity contribution in [2.45, 2.75) is 51.1 Å². The minimum atomic E-state index is 0.352. The molecule has 1 aromatic rings. The standard InChI is InChI=1S/C14H23ClN2S/c1-2-11-6-4-3-5-9-17(11)12(10-16)13-7-8-14(15)18-13/h7-8,11-12H,2-6,9-10,16H2,1H3. The highest BCUT2D eigenvalue weighted by Gasteiger charge is 2.27. The Morgan fingerprint density at radius 1 is 1.44 bits per heavy atom. The van der Waals surface area contributed by atoms with Crippen LogP contribution in [0.4, 0.5) is 0 Å². The van der Waals surface area contributed by atoms with Gasteiger partial charge in [0.25, 0.3) is 0 Å². The van der Waals surface area contributed by atoms with E-state index in [2.05, 4.69) is 17.9 Å². The molecule has 18 heavy (non-hydrogen) atoms. The lowest BCUT2D eigenvalue weighted by Crippen LogP contribution is -2.40. The Balaban J connectivity index is 2.18.